The van der Waals surface area contributed by atoms with E-state index in [1.54, 1.807) is 36.5 Å². The van der Waals surface area contributed by atoms with Crippen LogP contribution in [0.3, 0.4) is 0 Å². The summed E-state index contributed by atoms with van der Waals surface area (Å²) in [5.74, 6) is -0.642. The molecule has 0 radical (unpaired) electrons. The van der Waals surface area contributed by atoms with E-state index in [-0.39, 0.29) is 5.91 Å². The molecule has 0 saturated carbocycles. The first-order valence-electron chi connectivity index (χ1n) is 8.44. The molecule has 26 heavy (non-hydrogen) atoms. The van der Waals surface area contributed by atoms with E-state index in [1.165, 1.54) is 7.11 Å². The Morgan fingerprint density at radius 3 is 2.65 bits per heavy atom. The van der Waals surface area contributed by atoms with E-state index in [1.807, 2.05) is 0 Å². The second-order valence-electron chi connectivity index (χ2n) is 5.71. The van der Waals surface area contributed by atoms with E-state index >= 15 is 0 Å². The smallest absolute Gasteiger partial charge is 0.337 e. The van der Waals surface area contributed by atoms with Gasteiger partial charge in [-0.15, -0.1) is 0 Å². The number of esters is 1. The van der Waals surface area contributed by atoms with Gasteiger partial charge in [0.25, 0.3) is 5.91 Å². The standard InChI is InChI=1S/C19H22ClN3O3/c1-3-4-5-10-21-18(24)16-9-7-14(12-22-16)23-17-11-13(19(25)26-2)6-8-15(17)20/h6-9,11-12,23H,3-5,10H2,1-2H3,(H,21,24). The first-order chi connectivity index (χ1) is 12.5. The average Bonchev–Trinajstić information content (AvgIpc) is 2.66. The van der Waals surface area contributed by atoms with Crippen LogP contribution < -0.4 is 10.6 Å². The van der Waals surface area contributed by atoms with E-state index in [2.05, 4.69) is 22.5 Å². The van der Waals surface area contributed by atoms with E-state index in [4.69, 9.17) is 16.3 Å². The molecular weight excluding hydrogens is 354 g/mol. The van der Waals surface area contributed by atoms with Crippen molar-refractivity contribution in [3.8, 4) is 0 Å². The summed E-state index contributed by atoms with van der Waals surface area (Å²) >= 11 is 6.16. The number of rotatable bonds is 8. The maximum Gasteiger partial charge on any atom is 0.337 e. The number of hydrogen-bond acceptors (Lipinski definition) is 5. The molecule has 0 aliphatic carbocycles. The Labute approximate surface area is 157 Å². The minimum atomic E-state index is -0.446. The van der Waals surface area contributed by atoms with Crippen LogP contribution in [-0.4, -0.2) is 30.5 Å². The number of ether oxygens (including phenoxy) is 1. The number of halogens is 1. The van der Waals surface area contributed by atoms with Crippen molar-refractivity contribution in [3.63, 3.8) is 0 Å². The number of pyridine rings is 1. The molecule has 1 aromatic heterocycles. The summed E-state index contributed by atoms with van der Waals surface area (Å²) in [5, 5.41) is 6.38. The lowest BCUT2D eigenvalue weighted by Crippen LogP contribution is -2.25. The van der Waals surface area contributed by atoms with Crippen LogP contribution in [0, 0.1) is 0 Å². The third-order valence-electron chi connectivity index (χ3n) is 3.73. The normalized spacial score (nSPS) is 10.3. The predicted octanol–water partition coefficient (Wildman–Crippen LogP) is 4.19. The summed E-state index contributed by atoms with van der Waals surface area (Å²) in [4.78, 5) is 27.8. The Morgan fingerprint density at radius 1 is 1.19 bits per heavy atom. The number of benzene rings is 1. The zero-order chi connectivity index (χ0) is 18.9. The fourth-order valence-electron chi connectivity index (χ4n) is 2.29. The zero-order valence-corrected chi connectivity index (χ0v) is 15.6. The highest BCUT2D eigenvalue weighted by molar-refractivity contribution is 6.33. The largest absolute Gasteiger partial charge is 0.465 e. The Kier molecular flexibility index (Phi) is 7.41. The van der Waals surface area contributed by atoms with Crippen LogP contribution in [0.4, 0.5) is 11.4 Å². The minimum Gasteiger partial charge on any atom is -0.465 e. The Bertz CT molecular complexity index is 763. The molecule has 2 aromatic rings. The highest BCUT2D eigenvalue weighted by Crippen LogP contribution is 2.26. The summed E-state index contributed by atoms with van der Waals surface area (Å²) in [6.07, 6.45) is 4.69. The number of unbranched alkanes of at least 4 members (excludes halogenated alkanes) is 2. The van der Waals surface area contributed by atoms with Crippen LogP contribution in [0.5, 0.6) is 0 Å². The molecule has 0 atom stereocenters. The number of aromatic nitrogens is 1. The second-order valence-corrected chi connectivity index (χ2v) is 6.11. The van der Waals surface area contributed by atoms with Crippen molar-refractivity contribution in [1.82, 2.24) is 10.3 Å². The highest BCUT2D eigenvalue weighted by Gasteiger charge is 2.10. The summed E-state index contributed by atoms with van der Waals surface area (Å²) in [6.45, 7) is 2.76. The number of anilines is 2. The van der Waals surface area contributed by atoms with Crippen LogP contribution in [0.1, 0.15) is 47.0 Å². The lowest BCUT2D eigenvalue weighted by molar-refractivity contribution is 0.0600. The van der Waals surface area contributed by atoms with Gasteiger partial charge in [0.1, 0.15) is 5.69 Å². The number of nitrogens with one attached hydrogen (secondary N) is 2. The molecule has 138 valence electrons. The molecule has 1 aromatic carbocycles. The Balaban J connectivity index is 2.03. The van der Waals surface area contributed by atoms with E-state index in [9.17, 15) is 9.59 Å². The number of nitrogens with zero attached hydrogens (tertiary/aromatic N) is 1. The molecule has 0 spiro atoms. The van der Waals surface area contributed by atoms with Gasteiger partial charge in [0.15, 0.2) is 0 Å². The maximum absolute atomic E-state index is 12.0. The molecule has 0 saturated heterocycles. The molecule has 7 heteroatoms. The second kappa shape index (κ2) is 9.77. The summed E-state index contributed by atoms with van der Waals surface area (Å²) in [5.41, 5.74) is 1.93. The van der Waals surface area contributed by atoms with Gasteiger partial charge >= 0.3 is 5.97 Å². The van der Waals surface area contributed by atoms with Crippen molar-refractivity contribution < 1.29 is 14.3 Å². The predicted molar refractivity (Wildman–Crippen MR) is 102 cm³/mol. The van der Waals surface area contributed by atoms with Crippen molar-refractivity contribution in [3.05, 3.63) is 52.8 Å². The van der Waals surface area contributed by atoms with Crippen molar-refractivity contribution in [2.75, 3.05) is 19.0 Å². The fraction of sp³-hybridized carbons (Fsp3) is 0.316. The van der Waals surface area contributed by atoms with Crippen molar-refractivity contribution in [2.24, 2.45) is 0 Å². The van der Waals surface area contributed by atoms with Crippen molar-refractivity contribution in [1.29, 1.82) is 0 Å². The van der Waals surface area contributed by atoms with Gasteiger partial charge < -0.3 is 15.4 Å². The molecule has 0 bridgehead atoms. The molecule has 0 unspecified atom stereocenters. The van der Waals surface area contributed by atoms with E-state index in [0.29, 0.717) is 34.2 Å². The van der Waals surface area contributed by atoms with Crippen LogP contribution >= 0.6 is 11.6 Å². The first-order valence-corrected chi connectivity index (χ1v) is 8.82. The zero-order valence-electron chi connectivity index (χ0n) is 14.8. The van der Waals surface area contributed by atoms with Gasteiger partial charge in [-0.25, -0.2) is 9.78 Å². The first kappa shape index (κ1) is 19.7. The van der Waals surface area contributed by atoms with Gasteiger partial charge in [-0.1, -0.05) is 31.4 Å². The number of carbonyl (C=O) groups excluding carboxylic acids is 2. The van der Waals surface area contributed by atoms with E-state index in [0.717, 1.165) is 19.3 Å². The topological polar surface area (TPSA) is 80.3 Å². The highest BCUT2D eigenvalue weighted by atomic mass is 35.5. The molecule has 0 fully saturated rings. The molecule has 0 aliphatic heterocycles. The fourth-order valence-corrected chi connectivity index (χ4v) is 2.46. The van der Waals surface area contributed by atoms with Crippen molar-refractivity contribution >= 4 is 34.9 Å². The van der Waals surface area contributed by atoms with Crippen LogP contribution in [0.15, 0.2) is 36.5 Å². The molecular formula is C19H22ClN3O3. The molecule has 1 amide bonds. The molecule has 2 rings (SSSR count). The van der Waals surface area contributed by atoms with Gasteiger partial charge in [-0.2, -0.15) is 0 Å². The minimum absolute atomic E-state index is 0.196. The SMILES string of the molecule is CCCCCNC(=O)c1ccc(Nc2cc(C(=O)OC)ccc2Cl)cn1. The molecule has 0 aliphatic rings. The maximum atomic E-state index is 12.0. The number of carbonyl (C=O) groups is 2. The van der Waals surface area contributed by atoms with Crippen LogP contribution in [0.2, 0.25) is 5.02 Å². The monoisotopic (exact) mass is 375 g/mol. The third kappa shape index (κ3) is 5.46. The summed E-state index contributed by atoms with van der Waals surface area (Å²) < 4.78 is 4.70. The lowest BCUT2D eigenvalue weighted by atomic mass is 10.2. The van der Waals surface area contributed by atoms with Crippen LogP contribution in [-0.2, 0) is 4.74 Å². The molecule has 1 heterocycles. The number of hydrogen-bond donors (Lipinski definition) is 2. The van der Waals surface area contributed by atoms with Gasteiger partial charge in [0.2, 0.25) is 0 Å². The van der Waals surface area contributed by atoms with E-state index < -0.39 is 5.97 Å². The van der Waals surface area contributed by atoms with Gasteiger partial charge in [-0.3, -0.25) is 4.79 Å². The average molecular weight is 376 g/mol. The lowest BCUT2D eigenvalue weighted by Gasteiger charge is -2.10. The van der Waals surface area contributed by atoms with Crippen LogP contribution in [0.25, 0.3) is 0 Å². The number of amides is 1. The molecule has 6 nitrogen and oxygen atoms in total. The van der Waals surface area contributed by atoms with Gasteiger partial charge in [0, 0.05) is 6.54 Å². The number of methoxy groups -OCH3 is 1. The van der Waals surface area contributed by atoms with Gasteiger partial charge in [-0.05, 0) is 36.8 Å². The van der Waals surface area contributed by atoms with Crippen molar-refractivity contribution in [2.45, 2.75) is 26.2 Å². The summed E-state index contributed by atoms with van der Waals surface area (Å²) in [7, 11) is 1.32. The quantitative estimate of drug-likeness (QED) is 0.534. The molecule has 2 N–H and O–H groups in total. The van der Waals surface area contributed by atoms with Gasteiger partial charge in [0.05, 0.1) is 35.3 Å². The summed E-state index contributed by atoms with van der Waals surface area (Å²) in [6, 6.07) is 8.17. The third-order valence-corrected chi connectivity index (χ3v) is 4.06. The Morgan fingerprint density at radius 2 is 2.00 bits per heavy atom. The Hall–Kier alpha value is -2.60.